The Kier molecular flexibility index (Phi) is 3.63. The fourth-order valence-corrected chi connectivity index (χ4v) is 2.07. The normalized spacial score (nSPS) is 11.0. The molecule has 0 N–H and O–H groups in total. The van der Waals surface area contributed by atoms with Crippen molar-refractivity contribution >= 4 is 33.5 Å². The largest absolute Gasteiger partial charge is 0.490 e. The van der Waals surface area contributed by atoms with Crippen molar-refractivity contribution in [3.05, 3.63) is 34.0 Å². The van der Waals surface area contributed by atoms with E-state index in [9.17, 15) is 0 Å². The second-order valence-electron chi connectivity index (χ2n) is 4.16. The van der Waals surface area contributed by atoms with Crippen LogP contribution in [0.1, 0.15) is 13.8 Å². The molecule has 2 nitrogen and oxygen atoms in total. The predicted molar refractivity (Wildman–Crippen MR) is 74.8 cm³/mol. The maximum absolute atomic E-state index is 5.84. The zero-order chi connectivity index (χ0) is 11.5. The third kappa shape index (κ3) is 2.45. The SMILES string of the molecule is CC(C)COc1c(I)ccc2cccnc12. The minimum Gasteiger partial charge on any atom is -0.490 e. The first kappa shape index (κ1) is 11.6. The molecule has 1 aromatic carbocycles. The van der Waals surface area contributed by atoms with Crippen molar-refractivity contribution in [1.82, 2.24) is 4.98 Å². The molecule has 1 heterocycles. The molecule has 0 aliphatic rings. The first-order chi connectivity index (χ1) is 7.68. The summed E-state index contributed by atoms with van der Waals surface area (Å²) in [5.41, 5.74) is 0.954. The van der Waals surface area contributed by atoms with Gasteiger partial charge in [0, 0.05) is 11.6 Å². The average molecular weight is 327 g/mol. The van der Waals surface area contributed by atoms with Crippen molar-refractivity contribution < 1.29 is 4.74 Å². The summed E-state index contributed by atoms with van der Waals surface area (Å²) in [6.07, 6.45) is 1.81. The minimum absolute atomic E-state index is 0.523. The van der Waals surface area contributed by atoms with Gasteiger partial charge in [0.05, 0.1) is 10.2 Å². The van der Waals surface area contributed by atoms with Crippen LogP contribution in [0, 0.1) is 9.49 Å². The zero-order valence-corrected chi connectivity index (χ0v) is 11.6. The van der Waals surface area contributed by atoms with Crippen LogP contribution in [-0.2, 0) is 0 Å². The summed E-state index contributed by atoms with van der Waals surface area (Å²) in [6.45, 7) is 5.02. The zero-order valence-electron chi connectivity index (χ0n) is 9.40. The molecule has 0 spiro atoms. The van der Waals surface area contributed by atoms with Crippen LogP contribution >= 0.6 is 22.6 Å². The Morgan fingerprint density at radius 1 is 1.31 bits per heavy atom. The Bertz CT molecular complexity index is 496. The van der Waals surface area contributed by atoms with Crippen LogP contribution in [0.5, 0.6) is 5.75 Å². The number of benzene rings is 1. The van der Waals surface area contributed by atoms with Crippen molar-refractivity contribution in [2.45, 2.75) is 13.8 Å². The molecule has 0 aliphatic heterocycles. The summed E-state index contributed by atoms with van der Waals surface area (Å²) in [7, 11) is 0. The maximum atomic E-state index is 5.84. The standard InChI is InChI=1S/C13H14INO/c1-9(2)8-16-13-11(14)6-5-10-4-3-7-15-12(10)13/h3-7,9H,8H2,1-2H3. The quantitative estimate of drug-likeness (QED) is 0.799. The Morgan fingerprint density at radius 3 is 2.88 bits per heavy atom. The van der Waals surface area contributed by atoms with Gasteiger partial charge in [0.1, 0.15) is 5.52 Å². The van der Waals surface area contributed by atoms with Gasteiger partial charge in [-0.15, -0.1) is 0 Å². The third-order valence-corrected chi connectivity index (χ3v) is 3.09. The highest BCUT2D eigenvalue weighted by atomic mass is 127. The van der Waals surface area contributed by atoms with Gasteiger partial charge in [-0.2, -0.15) is 0 Å². The van der Waals surface area contributed by atoms with E-state index in [1.807, 2.05) is 6.07 Å². The lowest BCUT2D eigenvalue weighted by Gasteiger charge is -2.12. The molecular formula is C13H14INO. The fourth-order valence-electron chi connectivity index (χ4n) is 1.48. The Labute approximate surface area is 109 Å². The van der Waals surface area contributed by atoms with Crippen LogP contribution in [-0.4, -0.2) is 11.6 Å². The van der Waals surface area contributed by atoms with Crippen LogP contribution in [0.25, 0.3) is 10.9 Å². The van der Waals surface area contributed by atoms with E-state index < -0.39 is 0 Å². The molecule has 0 saturated carbocycles. The van der Waals surface area contributed by atoms with E-state index in [2.05, 4.69) is 59.6 Å². The van der Waals surface area contributed by atoms with Gasteiger partial charge in [-0.3, -0.25) is 4.98 Å². The predicted octanol–water partition coefficient (Wildman–Crippen LogP) is 3.87. The van der Waals surface area contributed by atoms with Gasteiger partial charge < -0.3 is 4.74 Å². The summed E-state index contributed by atoms with van der Waals surface area (Å²) < 4.78 is 6.96. The molecule has 2 aromatic rings. The van der Waals surface area contributed by atoms with Gasteiger partial charge in [0.25, 0.3) is 0 Å². The van der Waals surface area contributed by atoms with Gasteiger partial charge in [-0.1, -0.05) is 26.0 Å². The van der Waals surface area contributed by atoms with E-state index >= 15 is 0 Å². The minimum atomic E-state index is 0.523. The van der Waals surface area contributed by atoms with E-state index in [1.54, 1.807) is 6.20 Å². The highest BCUT2D eigenvalue weighted by Gasteiger charge is 2.08. The summed E-state index contributed by atoms with van der Waals surface area (Å²) >= 11 is 2.29. The van der Waals surface area contributed by atoms with Gasteiger partial charge in [-0.05, 0) is 40.6 Å². The Morgan fingerprint density at radius 2 is 2.12 bits per heavy atom. The molecule has 0 fully saturated rings. The fraction of sp³-hybridized carbons (Fsp3) is 0.308. The van der Waals surface area contributed by atoms with Crippen LogP contribution < -0.4 is 4.74 Å². The first-order valence-corrected chi connectivity index (χ1v) is 6.42. The smallest absolute Gasteiger partial charge is 0.158 e. The van der Waals surface area contributed by atoms with Gasteiger partial charge in [0.15, 0.2) is 5.75 Å². The molecule has 0 saturated heterocycles. The van der Waals surface area contributed by atoms with Crippen LogP contribution in [0.2, 0.25) is 0 Å². The number of rotatable bonds is 3. The molecule has 2 rings (SSSR count). The second-order valence-corrected chi connectivity index (χ2v) is 5.32. The molecule has 16 heavy (non-hydrogen) atoms. The molecule has 0 atom stereocenters. The monoisotopic (exact) mass is 327 g/mol. The lowest BCUT2D eigenvalue weighted by Crippen LogP contribution is -2.06. The summed E-state index contributed by atoms with van der Waals surface area (Å²) in [5, 5.41) is 1.13. The average Bonchev–Trinajstić information content (AvgIpc) is 2.27. The van der Waals surface area contributed by atoms with E-state index in [1.165, 1.54) is 0 Å². The van der Waals surface area contributed by atoms with E-state index in [0.717, 1.165) is 26.8 Å². The number of fused-ring (bicyclic) bond motifs is 1. The molecular weight excluding hydrogens is 313 g/mol. The second kappa shape index (κ2) is 4.99. The highest BCUT2D eigenvalue weighted by Crippen LogP contribution is 2.29. The molecule has 84 valence electrons. The summed E-state index contributed by atoms with van der Waals surface area (Å²) in [4.78, 5) is 4.39. The maximum Gasteiger partial charge on any atom is 0.158 e. The topological polar surface area (TPSA) is 22.1 Å². The van der Waals surface area contributed by atoms with Crippen LogP contribution in [0.3, 0.4) is 0 Å². The molecule has 3 heteroatoms. The Balaban J connectivity index is 2.44. The number of hydrogen-bond donors (Lipinski definition) is 0. The molecule has 0 amide bonds. The molecule has 0 bridgehead atoms. The van der Waals surface area contributed by atoms with E-state index in [-0.39, 0.29) is 0 Å². The van der Waals surface area contributed by atoms with Crippen molar-refractivity contribution in [3.63, 3.8) is 0 Å². The molecule has 1 aromatic heterocycles. The van der Waals surface area contributed by atoms with Crippen LogP contribution in [0.4, 0.5) is 0 Å². The first-order valence-electron chi connectivity index (χ1n) is 5.34. The summed E-state index contributed by atoms with van der Waals surface area (Å²) in [6, 6.07) is 8.15. The lowest BCUT2D eigenvalue weighted by molar-refractivity contribution is 0.272. The molecule has 0 radical (unpaired) electrons. The van der Waals surface area contributed by atoms with Crippen LogP contribution in [0.15, 0.2) is 30.5 Å². The molecule has 0 aliphatic carbocycles. The third-order valence-electron chi connectivity index (χ3n) is 2.24. The summed E-state index contributed by atoms with van der Waals surface area (Å²) in [5.74, 6) is 1.43. The highest BCUT2D eigenvalue weighted by molar-refractivity contribution is 14.1. The van der Waals surface area contributed by atoms with Crippen molar-refractivity contribution in [2.24, 2.45) is 5.92 Å². The number of ether oxygens (including phenoxy) is 1. The van der Waals surface area contributed by atoms with Gasteiger partial charge in [0.2, 0.25) is 0 Å². The van der Waals surface area contributed by atoms with Crippen molar-refractivity contribution in [2.75, 3.05) is 6.61 Å². The molecule has 0 unspecified atom stereocenters. The number of hydrogen-bond acceptors (Lipinski definition) is 2. The van der Waals surface area contributed by atoms with E-state index in [4.69, 9.17) is 4.74 Å². The lowest BCUT2D eigenvalue weighted by atomic mass is 10.2. The van der Waals surface area contributed by atoms with E-state index in [0.29, 0.717) is 5.92 Å². The number of aromatic nitrogens is 1. The van der Waals surface area contributed by atoms with Crippen molar-refractivity contribution in [3.8, 4) is 5.75 Å². The Hall–Kier alpha value is -0.840. The van der Waals surface area contributed by atoms with Crippen molar-refractivity contribution in [1.29, 1.82) is 0 Å². The number of nitrogens with zero attached hydrogens (tertiary/aromatic N) is 1. The van der Waals surface area contributed by atoms with Gasteiger partial charge in [-0.25, -0.2) is 0 Å². The number of pyridine rings is 1. The van der Waals surface area contributed by atoms with Gasteiger partial charge >= 0.3 is 0 Å². The number of halogens is 1.